The number of nitrogens with zero attached hydrogens (tertiary/aromatic N) is 2. The van der Waals surface area contributed by atoms with Crippen molar-refractivity contribution in [1.29, 1.82) is 0 Å². The molecular formula is C40H33ClIN3O6. The molecule has 51 heavy (non-hydrogen) atoms. The van der Waals surface area contributed by atoms with E-state index in [1.54, 1.807) is 24.3 Å². The number of hydrogen-bond donors (Lipinski definition) is 2. The SMILES string of the molecule is COc1cc(C2C3=CCC4C(=O)N(c5ccc(I)cc5)C(=O)C4C3CC3C(=O)N(Nc4ccc(C)cc4)C(=O)C32c2ccccc2)cc(Cl)c1O. The lowest BCUT2D eigenvalue weighted by molar-refractivity contribution is -0.138. The van der Waals surface area contributed by atoms with Gasteiger partial charge < -0.3 is 9.84 Å². The Bertz CT molecular complexity index is 2140. The summed E-state index contributed by atoms with van der Waals surface area (Å²) in [5, 5.41) is 11.9. The number of phenolic OH excluding ortho intramolecular Hbond substituents is 1. The number of carbonyl (C=O) groups is 4. The maximum absolute atomic E-state index is 15.3. The van der Waals surface area contributed by atoms with Crippen LogP contribution in [0.25, 0.3) is 0 Å². The highest BCUT2D eigenvalue weighted by Gasteiger charge is 2.70. The summed E-state index contributed by atoms with van der Waals surface area (Å²) >= 11 is 8.82. The molecule has 3 fully saturated rings. The Hall–Kier alpha value is -4.68. The molecule has 0 spiro atoms. The van der Waals surface area contributed by atoms with E-state index < -0.39 is 46.8 Å². The second-order valence-corrected chi connectivity index (χ2v) is 15.3. The third-order valence-corrected chi connectivity index (χ3v) is 12.1. The highest BCUT2D eigenvalue weighted by molar-refractivity contribution is 14.1. The Morgan fingerprint density at radius 1 is 0.902 bits per heavy atom. The van der Waals surface area contributed by atoms with Crippen LogP contribution in [-0.4, -0.2) is 40.9 Å². The molecule has 0 bridgehead atoms. The van der Waals surface area contributed by atoms with E-state index in [0.29, 0.717) is 22.5 Å². The van der Waals surface area contributed by atoms with Gasteiger partial charge in [-0.15, -0.1) is 0 Å². The van der Waals surface area contributed by atoms with Crippen LogP contribution >= 0.6 is 34.2 Å². The zero-order valence-corrected chi connectivity index (χ0v) is 30.6. The minimum atomic E-state index is -1.47. The lowest BCUT2D eigenvalue weighted by Crippen LogP contribution is -2.53. The first-order valence-corrected chi connectivity index (χ1v) is 18.2. The lowest BCUT2D eigenvalue weighted by atomic mass is 9.49. The van der Waals surface area contributed by atoms with Crippen LogP contribution in [0.4, 0.5) is 11.4 Å². The molecule has 2 aliphatic heterocycles. The van der Waals surface area contributed by atoms with Gasteiger partial charge in [-0.2, -0.15) is 5.01 Å². The van der Waals surface area contributed by atoms with Crippen molar-refractivity contribution in [2.45, 2.75) is 31.1 Å². The van der Waals surface area contributed by atoms with Gasteiger partial charge in [-0.25, -0.2) is 0 Å². The molecule has 2 heterocycles. The molecule has 4 aliphatic rings. The first-order valence-electron chi connectivity index (χ1n) is 16.7. The van der Waals surface area contributed by atoms with Crippen LogP contribution in [0, 0.1) is 34.2 Å². The van der Waals surface area contributed by atoms with Crippen LogP contribution in [0.2, 0.25) is 5.02 Å². The molecule has 258 valence electrons. The summed E-state index contributed by atoms with van der Waals surface area (Å²) in [6.07, 6.45) is 2.43. The summed E-state index contributed by atoms with van der Waals surface area (Å²) in [4.78, 5) is 59.9. The first-order chi connectivity index (χ1) is 24.6. The van der Waals surface area contributed by atoms with Crippen molar-refractivity contribution in [3.05, 3.63) is 128 Å². The Morgan fingerprint density at radius 2 is 1.61 bits per heavy atom. The van der Waals surface area contributed by atoms with E-state index in [2.05, 4.69) is 28.0 Å². The molecule has 1 saturated carbocycles. The summed E-state index contributed by atoms with van der Waals surface area (Å²) in [5.41, 5.74) is 5.68. The van der Waals surface area contributed by atoms with Crippen LogP contribution in [0.5, 0.6) is 11.5 Å². The number of allylic oxidation sites excluding steroid dienone is 2. The maximum atomic E-state index is 15.3. The summed E-state index contributed by atoms with van der Waals surface area (Å²) in [6, 6.07) is 27.1. The van der Waals surface area contributed by atoms with Gasteiger partial charge in [-0.3, -0.25) is 29.5 Å². The average Bonchev–Trinajstić information content (AvgIpc) is 3.51. The topological polar surface area (TPSA) is 116 Å². The molecule has 9 nitrogen and oxygen atoms in total. The summed E-state index contributed by atoms with van der Waals surface area (Å²) < 4.78 is 6.51. The number of rotatable bonds is 6. The number of nitrogens with one attached hydrogen (secondary N) is 1. The number of carbonyl (C=O) groups excluding carboxylic acids is 4. The van der Waals surface area contributed by atoms with Crippen molar-refractivity contribution in [3.63, 3.8) is 0 Å². The molecule has 4 amide bonds. The van der Waals surface area contributed by atoms with E-state index in [4.69, 9.17) is 16.3 Å². The molecule has 4 aromatic carbocycles. The second-order valence-electron chi connectivity index (χ2n) is 13.6. The van der Waals surface area contributed by atoms with Gasteiger partial charge in [0.25, 0.3) is 11.8 Å². The van der Waals surface area contributed by atoms with Crippen molar-refractivity contribution >= 4 is 69.2 Å². The minimum Gasteiger partial charge on any atom is -0.503 e. The van der Waals surface area contributed by atoms with Crippen LogP contribution in [0.3, 0.4) is 0 Å². The quantitative estimate of drug-likeness (QED) is 0.121. The van der Waals surface area contributed by atoms with E-state index in [1.165, 1.54) is 12.0 Å². The van der Waals surface area contributed by atoms with Crippen LogP contribution < -0.4 is 15.1 Å². The molecule has 0 radical (unpaired) electrons. The Kier molecular flexibility index (Phi) is 8.22. The molecule has 11 heteroatoms. The molecule has 6 unspecified atom stereocenters. The fourth-order valence-corrected chi connectivity index (χ4v) is 9.46. The Labute approximate surface area is 313 Å². The van der Waals surface area contributed by atoms with Crippen LogP contribution in [0.1, 0.15) is 35.4 Å². The smallest absolute Gasteiger partial charge is 0.260 e. The van der Waals surface area contributed by atoms with Gasteiger partial charge >= 0.3 is 0 Å². The Morgan fingerprint density at radius 3 is 2.29 bits per heavy atom. The van der Waals surface area contributed by atoms with Crippen molar-refractivity contribution in [3.8, 4) is 11.5 Å². The number of hydrazine groups is 1. The van der Waals surface area contributed by atoms with Gasteiger partial charge in [0, 0.05) is 9.49 Å². The van der Waals surface area contributed by atoms with Crippen molar-refractivity contribution in [1.82, 2.24) is 5.01 Å². The van der Waals surface area contributed by atoms with E-state index >= 15 is 4.79 Å². The molecule has 6 atom stereocenters. The monoisotopic (exact) mass is 813 g/mol. The zero-order chi connectivity index (χ0) is 35.8. The highest BCUT2D eigenvalue weighted by atomic mass is 127. The number of phenols is 1. The van der Waals surface area contributed by atoms with Gasteiger partial charge in [-0.05, 0) is 108 Å². The standard InChI is InChI=1S/C40H33ClIN3O6/c1-21-8-12-25(13-9-21)43-45-37(48)30-20-29-27(16-17-28-33(29)38(49)44(36(28)47)26-14-10-24(42)11-15-26)34(22-18-31(41)35(46)32(19-22)51-2)40(30,39(45)50)23-6-4-3-5-7-23/h3-16,18-19,28-30,33-34,43,46H,17,20H2,1-2H3. The van der Waals surface area contributed by atoms with Crippen LogP contribution in [-0.2, 0) is 24.6 Å². The molecule has 2 saturated heterocycles. The predicted octanol–water partition coefficient (Wildman–Crippen LogP) is 7.16. The molecule has 4 aromatic rings. The number of benzene rings is 4. The maximum Gasteiger partial charge on any atom is 0.260 e. The first kappa shape index (κ1) is 33.5. The number of ether oxygens (including phenoxy) is 1. The van der Waals surface area contributed by atoms with Gasteiger partial charge in [-0.1, -0.05) is 71.3 Å². The zero-order valence-electron chi connectivity index (χ0n) is 27.7. The van der Waals surface area contributed by atoms with Gasteiger partial charge in [0.05, 0.1) is 46.7 Å². The molecular weight excluding hydrogens is 781 g/mol. The number of aryl methyl sites for hydroxylation is 1. The fourth-order valence-electron chi connectivity index (χ4n) is 8.88. The largest absolute Gasteiger partial charge is 0.503 e. The van der Waals surface area contributed by atoms with Crippen molar-refractivity contribution in [2.24, 2.45) is 23.7 Å². The number of anilines is 2. The predicted molar refractivity (Wildman–Crippen MR) is 200 cm³/mol. The van der Waals surface area contributed by atoms with Crippen LogP contribution in [0.15, 0.2) is 103 Å². The summed E-state index contributed by atoms with van der Waals surface area (Å²) in [6.45, 7) is 1.95. The van der Waals surface area contributed by atoms with Gasteiger partial charge in [0.15, 0.2) is 11.5 Å². The molecule has 8 rings (SSSR count). The third-order valence-electron chi connectivity index (χ3n) is 11.1. The van der Waals surface area contributed by atoms with Crippen molar-refractivity contribution < 1.29 is 29.0 Å². The molecule has 0 aromatic heterocycles. The van der Waals surface area contributed by atoms with Gasteiger partial charge in [0.1, 0.15) is 0 Å². The number of aromatic hydroxyl groups is 1. The average molecular weight is 814 g/mol. The fraction of sp³-hybridized carbons (Fsp3) is 0.250. The number of halogens is 2. The Balaban J connectivity index is 1.34. The van der Waals surface area contributed by atoms with Gasteiger partial charge in [0.2, 0.25) is 11.8 Å². The van der Waals surface area contributed by atoms with E-state index in [9.17, 15) is 19.5 Å². The second kappa shape index (κ2) is 12.5. The van der Waals surface area contributed by atoms with E-state index in [0.717, 1.165) is 19.7 Å². The number of imide groups is 2. The summed E-state index contributed by atoms with van der Waals surface area (Å²) in [7, 11) is 1.42. The number of fused-ring (bicyclic) bond motifs is 4. The van der Waals surface area contributed by atoms with Crippen molar-refractivity contribution in [2.75, 3.05) is 17.4 Å². The minimum absolute atomic E-state index is 0.0175. The normalized spacial score (nSPS) is 26.8. The third kappa shape index (κ3) is 5.01. The number of hydrogen-bond acceptors (Lipinski definition) is 7. The highest BCUT2D eigenvalue weighted by Crippen LogP contribution is 2.64. The lowest BCUT2D eigenvalue weighted by Gasteiger charge is -2.50. The van der Waals surface area contributed by atoms with E-state index in [-0.39, 0.29) is 41.2 Å². The summed E-state index contributed by atoms with van der Waals surface area (Å²) in [5.74, 6) is -5.27. The van der Waals surface area contributed by atoms with E-state index in [1.807, 2.05) is 79.7 Å². The molecule has 2 N–H and O–H groups in total. The number of methoxy groups -OCH3 is 1. The molecule has 2 aliphatic carbocycles. The number of amides is 4.